The molecule has 1 aliphatic heterocycles. The molecule has 1 aromatic rings. The zero-order chi connectivity index (χ0) is 12.1. The lowest BCUT2D eigenvalue weighted by atomic mass is 10.2. The van der Waals surface area contributed by atoms with Gasteiger partial charge in [0.25, 0.3) is 0 Å². The topological polar surface area (TPSA) is 50.4 Å². The first-order valence-corrected chi connectivity index (χ1v) is 6.08. The van der Waals surface area contributed by atoms with Crippen LogP contribution in [0.2, 0.25) is 0 Å². The second kappa shape index (κ2) is 5.48. The number of allylic oxidation sites excluding steroid dienone is 1. The van der Waals surface area contributed by atoms with Gasteiger partial charge in [-0.25, -0.2) is 5.32 Å². The quantitative estimate of drug-likeness (QED) is 0.788. The zero-order valence-electron chi connectivity index (χ0n) is 9.45. The molecule has 0 spiro atoms. The Labute approximate surface area is 104 Å². The second-order valence-electron chi connectivity index (χ2n) is 3.49. The van der Waals surface area contributed by atoms with Crippen LogP contribution in [0.25, 0.3) is 0 Å². The molecule has 2 rings (SSSR count). The molecule has 0 aliphatic carbocycles. The van der Waals surface area contributed by atoms with Crippen molar-refractivity contribution in [2.75, 3.05) is 13.7 Å². The Balaban J connectivity index is 1.98. The van der Waals surface area contributed by atoms with Gasteiger partial charge in [0.1, 0.15) is 6.54 Å². The van der Waals surface area contributed by atoms with Gasteiger partial charge < -0.3 is 10.1 Å². The van der Waals surface area contributed by atoms with Crippen LogP contribution in [0.3, 0.4) is 0 Å². The Bertz CT molecular complexity index is 449. The molecule has 0 atom stereocenters. The van der Waals surface area contributed by atoms with E-state index in [-0.39, 0.29) is 5.91 Å². The van der Waals surface area contributed by atoms with Gasteiger partial charge in [-0.15, -0.1) is 11.3 Å². The highest BCUT2D eigenvalue weighted by Gasteiger charge is 2.23. The number of amides is 1. The normalized spacial score (nSPS) is 13.9. The van der Waals surface area contributed by atoms with Gasteiger partial charge in [-0.2, -0.15) is 0 Å². The van der Waals surface area contributed by atoms with Gasteiger partial charge in [0.05, 0.1) is 13.5 Å². The smallest absolute Gasteiger partial charge is 0.373 e. The lowest BCUT2D eigenvalue weighted by Gasteiger charge is -2.07. The Morgan fingerprint density at radius 3 is 3.29 bits per heavy atom. The summed E-state index contributed by atoms with van der Waals surface area (Å²) in [6, 6.07) is 3.88. The number of nitrogens with one attached hydrogen (secondary N) is 2. The average Bonchev–Trinajstić information content (AvgIpc) is 2.82. The second-order valence-corrected chi connectivity index (χ2v) is 4.52. The molecule has 0 unspecified atom stereocenters. The van der Waals surface area contributed by atoms with Crippen LogP contribution in [0.5, 0.6) is 0 Å². The van der Waals surface area contributed by atoms with Crippen molar-refractivity contribution in [2.45, 2.75) is 6.42 Å². The SMILES string of the molecule is COC1=C(NC(=O)Cc2cccs2)CNC=[C+]1. The van der Waals surface area contributed by atoms with Crippen LogP contribution in [0.1, 0.15) is 4.88 Å². The van der Waals surface area contributed by atoms with Crippen LogP contribution in [-0.4, -0.2) is 19.6 Å². The maximum Gasteiger partial charge on any atom is 0.373 e. The molecule has 0 fully saturated rings. The van der Waals surface area contributed by atoms with Gasteiger partial charge >= 0.3 is 5.76 Å². The number of carbonyl (C=O) groups excluding carboxylic acids is 1. The number of hydrogen-bond acceptors (Lipinski definition) is 4. The Morgan fingerprint density at radius 2 is 2.59 bits per heavy atom. The number of carbonyl (C=O) groups is 1. The van der Waals surface area contributed by atoms with Crippen LogP contribution in [0.4, 0.5) is 0 Å². The van der Waals surface area contributed by atoms with Crippen molar-refractivity contribution in [3.63, 3.8) is 0 Å². The summed E-state index contributed by atoms with van der Waals surface area (Å²) in [5, 5.41) is 7.77. The Morgan fingerprint density at radius 1 is 1.71 bits per heavy atom. The first kappa shape index (κ1) is 11.6. The highest BCUT2D eigenvalue weighted by Crippen LogP contribution is 2.10. The predicted molar refractivity (Wildman–Crippen MR) is 66.0 cm³/mol. The van der Waals surface area contributed by atoms with Gasteiger partial charge in [0.15, 0.2) is 12.3 Å². The summed E-state index contributed by atoms with van der Waals surface area (Å²) in [6.45, 7) is 0.548. The van der Waals surface area contributed by atoms with Crippen molar-refractivity contribution >= 4 is 17.2 Å². The van der Waals surface area contributed by atoms with Crippen molar-refractivity contribution in [3.05, 3.63) is 46.1 Å². The minimum absolute atomic E-state index is 0.0394. The summed E-state index contributed by atoms with van der Waals surface area (Å²) < 4.78 is 5.12. The molecule has 4 nitrogen and oxygen atoms in total. The molecule has 0 radical (unpaired) electrons. The van der Waals surface area contributed by atoms with Crippen molar-refractivity contribution in [3.8, 4) is 0 Å². The summed E-state index contributed by atoms with van der Waals surface area (Å²) in [4.78, 5) is 12.8. The van der Waals surface area contributed by atoms with E-state index in [9.17, 15) is 4.79 Å². The lowest BCUT2D eigenvalue weighted by Crippen LogP contribution is -2.32. The van der Waals surface area contributed by atoms with E-state index in [4.69, 9.17) is 4.74 Å². The third kappa shape index (κ3) is 3.06. The van der Waals surface area contributed by atoms with E-state index in [1.165, 1.54) is 0 Å². The minimum Gasteiger partial charge on any atom is -0.457 e. The van der Waals surface area contributed by atoms with Crippen molar-refractivity contribution in [1.82, 2.24) is 10.6 Å². The number of dihydropyridines is 1. The Hall–Kier alpha value is -1.84. The largest absolute Gasteiger partial charge is 0.457 e. The van der Waals surface area contributed by atoms with E-state index < -0.39 is 0 Å². The monoisotopic (exact) mass is 249 g/mol. The van der Waals surface area contributed by atoms with Crippen LogP contribution in [0, 0.1) is 6.08 Å². The zero-order valence-corrected chi connectivity index (χ0v) is 10.3. The lowest BCUT2D eigenvalue weighted by molar-refractivity contribution is -0.119. The fourth-order valence-electron chi connectivity index (χ4n) is 1.50. The number of rotatable bonds is 4. The van der Waals surface area contributed by atoms with E-state index in [0.29, 0.717) is 18.7 Å². The van der Waals surface area contributed by atoms with Gasteiger partial charge in [-0.1, -0.05) is 6.07 Å². The number of thiophene rings is 1. The molecule has 0 saturated heterocycles. The van der Waals surface area contributed by atoms with Crippen LogP contribution >= 0.6 is 11.3 Å². The summed E-state index contributed by atoms with van der Waals surface area (Å²) >= 11 is 1.57. The molecule has 1 aliphatic rings. The number of methoxy groups -OCH3 is 1. The van der Waals surface area contributed by atoms with E-state index in [1.54, 1.807) is 24.6 Å². The maximum atomic E-state index is 11.8. The van der Waals surface area contributed by atoms with E-state index in [1.807, 2.05) is 17.5 Å². The molecule has 2 heterocycles. The summed E-state index contributed by atoms with van der Waals surface area (Å²) in [7, 11) is 1.56. The molecule has 17 heavy (non-hydrogen) atoms. The highest BCUT2D eigenvalue weighted by molar-refractivity contribution is 7.10. The maximum absolute atomic E-state index is 11.8. The highest BCUT2D eigenvalue weighted by atomic mass is 32.1. The standard InChI is InChI=1S/C12H12N2O2S/c1-16-11-4-5-13-8-10(11)14-12(15)7-9-3-2-6-17-9/h2-3,5-6,13H,7-8H2,1H3/p+1. The van der Waals surface area contributed by atoms with Crippen LogP contribution < -0.4 is 10.6 Å². The van der Waals surface area contributed by atoms with E-state index >= 15 is 0 Å². The van der Waals surface area contributed by atoms with Crippen molar-refractivity contribution < 1.29 is 9.53 Å². The molecular formula is C12H13N2O2S+. The molecule has 0 bridgehead atoms. The molecular weight excluding hydrogens is 236 g/mol. The fourth-order valence-corrected chi connectivity index (χ4v) is 2.21. The summed E-state index contributed by atoms with van der Waals surface area (Å²) in [5.74, 6) is 0.533. The molecule has 0 saturated carbocycles. The van der Waals surface area contributed by atoms with Crippen molar-refractivity contribution in [2.24, 2.45) is 0 Å². The van der Waals surface area contributed by atoms with Gasteiger partial charge in [-0.3, -0.25) is 4.79 Å². The number of ether oxygens (including phenoxy) is 1. The molecule has 1 aromatic heterocycles. The van der Waals surface area contributed by atoms with E-state index in [0.717, 1.165) is 10.6 Å². The number of hydrogen-bond donors (Lipinski definition) is 2. The summed E-state index contributed by atoms with van der Waals surface area (Å²) in [5.41, 5.74) is 0.719. The average molecular weight is 249 g/mol. The third-order valence-electron chi connectivity index (χ3n) is 2.27. The first-order chi connectivity index (χ1) is 8.29. The fraction of sp³-hybridized carbons (Fsp3) is 0.250. The molecule has 1 amide bonds. The molecule has 5 heteroatoms. The summed E-state index contributed by atoms with van der Waals surface area (Å²) in [6.07, 6.45) is 4.96. The van der Waals surface area contributed by atoms with Gasteiger partial charge in [-0.05, 0) is 11.4 Å². The molecule has 88 valence electrons. The van der Waals surface area contributed by atoms with Gasteiger partial charge in [0.2, 0.25) is 11.6 Å². The van der Waals surface area contributed by atoms with Gasteiger partial charge in [0, 0.05) is 4.88 Å². The predicted octanol–water partition coefficient (Wildman–Crippen LogP) is 1.18. The van der Waals surface area contributed by atoms with Crippen LogP contribution in [0.15, 0.2) is 35.2 Å². The van der Waals surface area contributed by atoms with Crippen molar-refractivity contribution in [1.29, 1.82) is 0 Å². The minimum atomic E-state index is -0.0394. The molecule has 0 aromatic carbocycles. The van der Waals surface area contributed by atoms with Crippen LogP contribution in [-0.2, 0) is 16.0 Å². The van der Waals surface area contributed by atoms with E-state index in [2.05, 4.69) is 16.7 Å². The molecule has 2 N–H and O–H groups in total. The third-order valence-corrected chi connectivity index (χ3v) is 3.14. The first-order valence-electron chi connectivity index (χ1n) is 5.20. The Kier molecular flexibility index (Phi) is 3.75.